The summed E-state index contributed by atoms with van der Waals surface area (Å²) < 4.78 is 41.8. The Morgan fingerprint density at radius 3 is 1.82 bits per heavy atom. The number of hydrogen-bond acceptors (Lipinski definition) is 13. The predicted octanol–water partition coefficient (Wildman–Crippen LogP) is 5.99. The Hall–Kier alpha value is -7.39. The minimum Gasteiger partial charge on any atom is -0.343 e. The second-order valence-electron chi connectivity index (χ2n) is 30.5. The highest BCUT2D eigenvalue weighted by Gasteiger charge is 2.52. The molecule has 574 valence electrons. The first-order chi connectivity index (χ1) is 48.6. The molecule has 25 nitrogen and oxygen atoms in total. The number of nitrogens with zero attached hydrogens (tertiary/aromatic N) is 9. The van der Waals surface area contributed by atoms with Gasteiger partial charge >= 0.3 is 6.18 Å². The summed E-state index contributed by atoms with van der Waals surface area (Å²) >= 11 is 6.16. The second kappa shape index (κ2) is 37.0. The number of ketones is 1. The molecule has 3 saturated heterocycles. The maximum atomic E-state index is 15.9. The number of amides is 12. The maximum Gasteiger partial charge on any atom is 0.417 e. The number of aryl methyl sites for hydroxylation is 1. The van der Waals surface area contributed by atoms with Gasteiger partial charge in [0, 0.05) is 81.8 Å². The lowest BCUT2D eigenvalue weighted by atomic mass is 9.81. The molecule has 3 heterocycles. The van der Waals surface area contributed by atoms with Gasteiger partial charge in [-0.15, -0.1) is 0 Å². The quantitative estimate of drug-likeness (QED) is 0.230. The highest BCUT2D eigenvalue weighted by molar-refractivity contribution is 6.31. The van der Waals surface area contributed by atoms with Crippen molar-refractivity contribution in [1.82, 2.24) is 60.0 Å². The van der Waals surface area contributed by atoms with Gasteiger partial charge in [0.2, 0.25) is 70.9 Å². The van der Waals surface area contributed by atoms with Crippen LogP contribution in [-0.4, -0.2) is 257 Å². The van der Waals surface area contributed by atoms with Crippen LogP contribution in [0.1, 0.15) is 193 Å². The first kappa shape index (κ1) is 82.9. The van der Waals surface area contributed by atoms with Crippen LogP contribution < -0.4 is 16.0 Å². The zero-order valence-corrected chi connectivity index (χ0v) is 63.1. The van der Waals surface area contributed by atoms with Gasteiger partial charge < -0.3 is 60.0 Å². The molecule has 6 aliphatic rings. The summed E-state index contributed by atoms with van der Waals surface area (Å²) in [4.78, 5) is 205. The van der Waals surface area contributed by atoms with Gasteiger partial charge in [-0.2, -0.15) is 13.2 Å². The molecule has 3 saturated carbocycles. The van der Waals surface area contributed by atoms with Gasteiger partial charge in [-0.25, -0.2) is 0 Å². The fraction of sp³-hybridized carbons (Fsp3) is 0.743. The number of rotatable bonds is 11. The number of hydrogen-bond donors (Lipinski definition) is 3. The van der Waals surface area contributed by atoms with Crippen LogP contribution in [0.5, 0.6) is 0 Å². The third kappa shape index (κ3) is 21.2. The molecule has 7 rings (SSSR count). The van der Waals surface area contributed by atoms with E-state index in [0.29, 0.717) is 70.9 Å². The Labute approximate surface area is 610 Å². The van der Waals surface area contributed by atoms with Crippen LogP contribution in [0.3, 0.4) is 0 Å². The van der Waals surface area contributed by atoms with Gasteiger partial charge in [0.25, 0.3) is 0 Å². The number of nitrogens with one attached hydrogen (secondary N) is 3. The molecule has 6 fully saturated rings. The van der Waals surface area contributed by atoms with Gasteiger partial charge in [-0.1, -0.05) is 116 Å². The van der Waals surface area contributed by atoms with Crippen LogP contribution >= 0.6 is 11.6 Å². The summed E-state index contributed by atoms with van der Waals surface area (Å²) in [6.45, 7) is 5.93. The fourth-order valence-corrected chi connectivity index (χ4v) is 16.2. The number of carbonyl (C=O) groups is 13. The van der Waals surface area contributed by atoms with E-state index >= 15 is 28.8 Å². The van der Waals surface area contributed by atoms with E-state index in [1.807, 2.05) is 20.8 Å². The van der Waals surface area contributed by atoms with Crippen molar-refractivity contribution < 1.29 is 75.5 Å². The number of Topliss-reactive ketones (excluding diaryl/α,β-unsaturated/α-hetero) is 1. The van der Waals surface area contributed by atoms with Crippen molar-refractivity contribution in [3.8, 4) is 0 Å². The maximum absolute atomic E-state index is 15.9. The number of carbonyl (C=O) groups excluding carboxylic acids is 13. The van der Waals surface area contributed by atoms with E-state index in [4.69, 9.17) is 11.6 Å². The SMILES string of the molecule is CC[C@H](C)[C@@H]1NC(=O)[C@H](CC(C)C)N(C)C(=O)C[C@@H](C(=O)N2CCCCC2)N(C)C(=O)[C@H](C2CCCCC2)N(C)C(=O)C2(CCCC2)NC(=O)[C@@H]2CC(=O)CCN2C(=O)[C@H](CCc2ccc(C(F)(F)F)c(Cl)c2)NC(=O)CN(C)C(=O)[C@H](CC2CCCCC2)N(C)C(=O)CN(C)C(=O)CN(C)C1=O. The topological polar surface area (TPSA) is 287 Å². The van der Waals surface area contributed by atoms with E-state index in [9.17, 15) is 46.7 Å². The second-order valence-corrected chi connectivity index (χ2v) is 30.9. The monoisotopic (exact) mass is 1470 g/mol. The summed E-state index contributed by atoms with van der Waals surface area (Å²) in [7, 11) is 9.87. The molecule has 12 amide bonds. The van der Waals surface area contributed by atoms with Gasteiger partial charge in [0.15, 0.2) is 0 Å². The zero-order valence-electron chi connectivity index (χ0n) is 62.3. The van der Waals surface area contributed by atoms with E-state index in [1.165, 1.54) is 75.0 Å². The molecule has 8 atom stereocenters. The molecular formula is C74H112ClF3N12O13. The van der Waals surface area contributed by atoms with Crippen LogP contribution in [-0.2, 0) is 74.9 Å². The number of benzene rings is 1. The molecule has 0 radical (unpaired) electrons. The van der Waals surface area contributed by atoms with E-state index in [1.54, 1.807) is 11.8 Å². The molecule has 3 aliphatic heterocycles. The lowest BCUT2D eigenvalue weighted by Crippen LogP contribution is -2.66. The first-order valence-electron chi connectivity index (χ1n) is 37.3. The molecule has 0 aromatic heterocycles. The third-order valence-corrected chi connectivity index (χ3v) is 22.8. The van der Waals surface area contributed by atoms with E-state index in [0.717, 1.165) is 76.7 Å². The largest absolute Gasteiger partial charge is 0.417 e. The Morgan fingerprint density at radius 1 is 0.621 bits per heavy atom. The summed E-state index contributed by atoms with van der Waals surface area (Å²) in [5.41, 5.74) is -2.55. The minimum absolute atomic E-state index is 0.00703. The number of alkyl halides is 3. The Kier molecular flexibility index (Phi) is 29.8. The van der Waals surface area contributed by atoms with Gasteiger partial charge in [-0.3, -0.25) is 62.3 Å². The summed E-state index contributed by atoms with van der Waals surface area (Å²) in [5, 5.41) is 8.00. The molecule has 1 aromatic rings. The van der Waals surface area contributed by atoms with E-state index < -0.39 is 186 Å². The van der Waals surface area contributed by atoms with Crippen LogP contribution in [0.15, 0.2) is 18.2 Å². The average molecular weight is 1470 g/mol. The fourth-order valence-electron chi connectivity index (χ4n) is 15.9. The summed E-state index contributed by atoms with van der Waals surface area (Å²) in [6.07, 6.45) is 5.00. The van der Waals surface area contributed by atoms with Crippen LogP contribution in [0.2, 0.25) is 5.02 Å². The molecule has 29 heteroatoms. The predicted molar refractivity (Wildman–Crippen MR) is 379 cm³/mol. The van der Waals surface area contributed by atoms with Gasteiger partial charge in [-0.05, 0) is 112 Å². The van der Waals surface area contributed by atoms with Crippen molar-refractivity contribution >= 4 is 88.3 Å². The van der Waals surface area contributed by atoms with Gasteiger partial charge in [0.05, 0.1) is 36.6 Å². The Morgan fingerprint density at radius 2 is 1.21 bits per heavy atom. The highest BCUT2D eigenvalue weighted by atomic mass is 35.5. The van der Waals surface area contributed by atoms with Crippen LogP contribution in [0.4, 0.5) is 13.2 Å². The number of halogens is 4. The van der Waals surface area contributed by atoms with Crippen molar-refractivity contribution in [3.05, 3.63) is 34.3 Å². The van der Waals surface area contributed by atoms with Gasteiger partial charge in [0.1, 0.15) is 53.6 Å². The summed E-state index contributed by atoms with van der Waals surface area (Å²) in [6, 6.07) is -6.30. The number of fused-ring (bicyclic) bond motifs is 1. The first-order valence-corrected chi connectivity index (χ1v) is 37.6. The number of likely N-dealkylation sites (tertiary alicyclic amines) is 1. The molecular weight excluding hydrogens is 1360 g/mol. The Bertz CT molecular complexity index is 3240. The smallest absolute Gasteiger partial charge is 0.343 e. The van der Waals surface area contributed by atoms with Crippen molar-refractivity contribution in [2.24, 2.45) is 23.7 Å². The normalized spacial score (nSPS) is 26.6. The Balaban J connectivity index is 1.31. The molecule has 1 spiro atoms. The van der Waals surface area contributed by atoms with Crippen LogP contribution in [0, 0.1) is 23.7 Å². The summed E-state index contributed by atoms with van der Waals surface area (Å²) in [5.74, 6) is -9.89. The molecule has 103 heavy (non-hydrogen) atoms. The number of piperidine rings is 2. The molecule has 0 bridgehead atoms. The van der Waals surface area contributed by atoms with Crippen molar-refractivity contribution in [2.45, 2.75) is 242 Å². The van der Waals surface area contributed by atoms with Crippen molar-refractivity contribution in [1.29, 1.82) is 0 Å². The average Bonchev–Trinajstić information content (AvgIpc) is 1.70. The van der Waals surface area contributed by atoms with Crippen LogP contribution in [0.25, 0.3) is 0 Å². The zero-order chi connectivity index (χ0) is 75.9. The number of likely N-dealkylation sites (N-methyl/N-ethyl adjacent to an activating group) is 7. The van der Waals surface area contributed by atoms with Crippen molar-refractivity contribution in [3.63, 3.8) is 0 Å². The molecule has 3 aliphatic carbocycles. The molecule has 3 N–H and O–H groups in total. The van der Waals surface area contributed by atoms with Crippen molar-refractivity contribution in [2.75, 3.05) is 88.6 Å². The lowest BCUT2D eigenvalue weighted by molar-refractivity contribution is -0.157. The third-order valence-electron chi connectivity index (χ3n) is 22.5. The molecule has 1 aromatic carbocycles. The lowest BCUT2D eigenvalue weighted by Gasteiger charge is -2.44. The standard InChI is InChI=1S/C74H112ClF3N12O13/c1-12-47(4)63-70(101)84(7)44-61(94)82(5)45-62(95)86(9)57(40-48-24-16-13-17-25-48)68(99)83(6)43-59(92)79-54(31-29-49-28-30-52(53(75)39-49)74(76,77)78)67(98)90-37-32-51(91)41-56(90)66(97)81-73(33-20-21-34-73)72(103)88(11)64(50-26-18-14-19-27-50)71(102)87(10)58(69(100)89-35-22-15-23-36-89)42-60(93)85(8)55(38-46(2)3)65(96)80-63/h28,30,39,46-48,50,54-58,63-64H,12-27,29,31-38,40-45H2,1-11H3,(H,79,92)(H,80,96)(H,81,97)/t47-,54-,55-,56-,57-,58-,63-,64-/m0/s1. The highest BCUT2D eigenvalue weighted by Crippen LogP contribution is 2.39. The van der Waals surface area contributed by atoms with E-state index in [-0.39, 0.29) is 68.9 Å². The van der Waals surface area contributed by atoms with E-state index in [2.05, 4.69) is 16.0 Å². The molecule has 0 unspecified atom stereocenters. The minimum atomic E-state index is -4.79.